The number of hydrogen-bond donors (Lipinski definition) is 1. The number of thiophene rings is 1. The van der Waals surface area contributed by atoms with Crippen molar-refractivity contribution in [3.05, 3.63) is 70.4 Å². The Hall–Kier alpha value is -2.71. The molecule has 0 fully saturated rings. The topological polar surface area (TPSA) is 52.9 Å². The average molecular weight is 324 g/mol. The Bertz CT molecular complexity index is 909. The van der Waals surface area contributed by atoms with Crippen molar-refractivity contribution in [1.82, 2.24) is 5.32 Å². The van der Waals surface area contributed by atoms with Gasteiger partial charge in [0.2, 0.25) is 0 Å². The molecule has 0 radical (unpaired) electrons. The van der Waals surface area contributed by atoms with Gasteiger partial charge in [-0.15, -0.1) is 11.3 Å². The number of amides is 1. The lowest BCUT2D eigenvalue weighted by Gasteiger charge is -2.13. The zero-order valence-electron chi connectivity index (χ0n) is 12.3. The van der Waals surface area contributed by atoms with Gasteiger partial charge in [-0.25, -0.2) is 4.39 Å². The lowest BCUT2D eigenvalue weighted by atomic mass is 10.1. The van der Waals surface area contributed by atoms with Gasteiger partial charge in [0.25, 0.3) is 5.91 Å². The minimum Gasteiger partial charge on any atom is -0.345 e. The summed E-state index contributed by atoms with van der Waals surface area (Å²) in [6.07, 6.45) is 0. The summed E-state index contributed by atoms with van der Waals surface area (Å²) < 4.78 is 14.5. The molecule has 0 aliphatic rings. The van der Waals surface area contributed by atoms with Gasteiger partial charge in [0.05, 0.1) is 22.6 Å². The molecule has 1 unspecified atom stereocenters. The SMILES string of the molecule is CC(NC(=O)c1cc2c(F)cccc2s1)c1ccc(C#N)cc1. The number of nitrogens with zero attached hydrogens (tertiary/aromatic N) is 1. The Balaban J connectivity index is 1.79. The molecule has 2 aromatic carbocycles. The number of benzene rings is 2. The molecule has 23 heavy (non-hydrogen) atoms. The molecule has 1 N–H and O–H groups in total. The van der Waals surface area contributed by atoms with E-state index in [0.717, 1.165) is 10.3 Å². The van der Waals surface area contributed by atoms with Gasteiger partial charge >= 0.3 is 0 Å². The zero-order valence-corrected chi connectivity index (χ0v) is 13.2. The Morgan fingerprint density at radius 3 is 2.65 bits per heavy atom. The third-order valence-electron chi connectivity index (χ3n) is 3.62. The molecule has 5 heteroatoms. The van der Waals surface area contributed by atoms with Gasteiger partial charge < -0.3 is 5.32 Å². The van der Waals surface area contributed by atoms with Crippen molar-refractivity contribution in [2.75, 3.05) is 0 Å². The van der Waals surface area contributed by atoms with Crippen LogP contribution in [0.2, 0.25) is 0 Å². The number of rotatable bonds is 3. The molecular weight excluding hydrogens is 311 g/mol. The van der Waals surface area contributed by atoms with Crippen LogP contribution in [0.4, 0.5) is 4.39 Å². The van der Waals surface area contributed by atoms with Crippen LogP contribution in [0, 0.1) is 17.1 Å². The molecule has 0 saturated carbocycles. The summed E-state index contributed by atoms with van der Waals surface area (Å²) in [6.45, 7) is 1.87. The van der Waals surface area contributed by atoms with Crippen LogP contribution in [0.25, 0.3) is 10.1 Å². The minimum atomic E-state index is -0.321. The molecule has 1 atom stereocenters. The highest BCUT2D eigenvalue weighted by molar-refractivity contribution is 7.20. The van der Waals surface area contributed by atoms with E-state index in [1.165, 1.54) is 17.4 Å². The maximum absolute atomic E-state index is 13.7. The number of carbonyl (C=O) groups excluding carboxylic acids is 1. The Kier molecular flexibility index (Phi) is 4.09. The second-order valence-electron chi connectivity index (χ2n) is 5.19. The highest BCUT2D eigenvalue weighted by Crippen LogP contribution is 2.28. The van der Waals surface area contributed by atoms with E-state index in [-0.39, 0.29) is 17.8 Å². The molecule has 1 amide bonds. The number of fused-ring (bicyclic) bond motifs is 1. The van der Waals surface area contributed by atoms with Gasteiger partial charge in [-0.05, 0) is 42.8 Å². The van der Waals surface area contributed by atoms with Crippen molar-refractivity contribution in [2.45, 2.75) is 13.0 Å². The first-order chi connectivity index (χ1) is 11.1. The van der Waals surface area contributed by atoms with Crippen LogP contribution in [0.15, 0.2) is 48.5 Å². The zero-order chi connectivity index (χ0) is 16.4. The van der Waals surface area contributed by atoms with Gasteiger partial charge in [-0.1, -0.05) is 18.2 Å². The summed E-state index contributed by atoms with van der Waals surface area (Å²) in [5.41, 5.74) is 1.48. The minimum absolute atomic E-state index is 0.203. The second kappa shape index (κ2) is 6.19. The maximum atomic E-state index is 13.7. The first-order valence-corrected chi connectivity index (χ1v) is 7.89. The largest absolute Gasteiger partial charge is 0.345 e. The van der Waals surface area contributed by atoms with Crippen molar-refractivity contribution in [3.63, 3.8) is 0 Å². The Morgan fingerprint density at radius 2 is 2.00 bits per heavy atom. The monoisotopic (exact) mass is 324 g/mol. The maximum Gasteiger partial charge on any atom is 0.261 e. The van der Waals surface area contributed by atoms with Crippen molar-refractivity contribution in [1.29, 1.82) is 5.26 Å². The Morgan fingerprint density at radius 1 is 1.26 bits per heavy atom. The van der Waals surface area contributed by atoms with Crippen molar-refractivity contribution in [2.24, 2.45) is 0 Å². The Labute approximate surface area is 137 Å². The molecule has 0 aliphatic heterocycles. The summed E-state index contributed by atoms with van der Waals surface area (Å²) in [6, 6.07) is 15.3. The lowest BCUT2D eigenvalue weighted by Crippen LogP contribution is -2.25. The number of halogens is 1. The normalized spacial score (nSPS) is 11.9. The molecule has 0 bridgehead atoms. The third kappa shape index (κ3) is 3.08. The number of carbonyl (C=O) groups is 1. The molecule has 1 aromatic heterocycles. The number of nitriles is 1. The van der Waals surface area contributed by atoms with Crippen LogP contribution in [0.3, 0.4) is 0 Å². The summed E-state index contributed by atoms with van der Waals surface area (Å²) >= 11 is 1.27. The van der Waals surface area contributed by atoms with Gasteiger partial charge in [-0.2, -0.15) is 5.26 Å². The molecule has 3 nitrogen and oxygen atoms in total. The highest BCUT2D eigenvalue weighted by atomic mass is 32.1. The molecule has 0 saturated heterocycles. The molecule has 3 aromatic rings. The molecular formula is C18H13FN2OS. The smallest absolute Gasteiger partial charge is 0.261 e. The van der Waals surface area contributed by atoms with Crippen LogP contribution in [0.1, 0.15) is 33.8 Å². The number of hydrogen-bond acceptors (Lipinski definition) is 3. The molecule has 0 spiro atoms. The molecule has 1 heterocycles. The predicted octanol–water partition coefficient (Wildman–Crippen LogP) is 4.40. The first-order valence-electron chi connectivity index (χ1n) is 7.07. The van der Waals surface area contributed by atoms with Crippen molar-refractivity contribution < 1.29 is 9.18 Å². The van der Waals surface area contributed by atoms with E-state index in [0.29, 0.717) is 15.8 Å². The lowest BCUT2D eigenvalue weighted by molar-refractivity contribution is 0.0944. The van der Waals surface area contributed by atoms with Crippen LogP contribution < -0.4 is 5.32 Å². The summed E-state index contributed by atoms with van der Waals surface area (Å²) in [5.74, 6) is -0.555. The molecule has 3 rings (SSSR count). The first kappa shape index (κ1) is 15.2. The van der Waals surface area contributed by atoms with Gasteiger partial charge in [-0.3, -0.25) is 4.79 Å². The van der Waals surface area contributed by atoms with E-state index in [9.17, 15) is 9.18 Å². The highest BCUT2D eigenvalue weighted by Gasteiger charge is 2.15. The fourth-order valence-corrected chi connectivity index (χ4v) is 3.31. The van der Waals surface area contributed by atoms with E-state index in [4.69, 9.17) is 5.26 Å². The van der Waals surface area contributed by atoms with E-state index in [2.05, 4.69) is 11.4 Å². The van der Waals surface area contributed by atoms with Crippen LogP contribution in [-0.2, 0) is 0 Å². The predicted molar refractivity (Wildman–Crippen MR) is 88.8 cm³/mol. The number of nitrogens with one attached hydrogen (secondary N) is 1. The van der Waals surface area contributed by atoms with E-state index in [1.54, 1.807) is 30.3 Å². The summed E-state index contributed by atoms with van der Waals surface area (Å²) in [5, 5.41) is 12.2. The van der Waals surface area contributed by atoms with Crippen LogP contribution in [-0.4, -0.2) is 5.91 Å². The van der Waals surface area contributed by atoms with E-state index >= 15 is 0 Å². The second-order valence-corrected chi connectivity index (χ2v) is 6.28. The average Bonchev–Trinajstić information content (AvgIpc) is 3.00. The standard InChI is InChI=1S/C18H13FN2OS/c1-11(13-7-5-12(10-20)6-8-13)21-18(22)17-9-14-15(19)3-2-4-16(14)23-17/h2-9,11H,1H3,(H,21,22). The van der Waals surface area contributed by atoms with Crippen molar-refractivity contribution in [3.8, 4) is 6.07 Å². The van der Waals surface area contributed by atoms with E-state index < -0.39 is 0 Å². The molecule has 114 valence electrons. The van der Waals surface area contributed by atoms with Gasteiger partial charge in [0.1, 0.15) is 5.82 Å². The third-order valence-corrected chi connectivity index (χ3v) is 4.72. The molecule has 0 aliphatic carbocycles. The van der Waals surface area contributed by atoms with Crippen molar-refractivity contribution >= 4 is 27.3 Å². The van der Waals surface area contributed by atoms with Crippen LogP contribution in [0.5, 0.6) is 0 Å². The quantitative estimate of drug-likeness (QED) is 0.776. The van der Waals surface area contributed by atoms with Gasteiger partial charge in [0.15, 0.2) is 0 Å². The van der Waals surface area contributed by atoms with Crippen LogP contribution >= 0.6 is 11.3 Å². The summed E-state index contributed by atoms with van der Waals surface area (Å²) in [7, 11) is 0. The van der Waals surface area contributed by atoms with E-state index in [1.807, 2.05) is 19.1 Å². The fourth-order valence-electron chi connectivity index (χ4n) is 2.33. The van der Waals surface area contributed by atoms with Gasteiger partial charge in [0, 0.05) is 10.1 Å². The fraction of sp³-hybridized carbons (Fsp3) is 0.111. The summed E-state index contributed by atoms with van der Waals surface area (Å²) in [4.78, 5) is 12.8.